The molecule has 0 saturated heterocycles. The maximum atomic E-state index is 14.0. The number of carbonyl (C=O) groups excluding carboxylic acids is 3. The lowest BCUT2D eigenvalue weighted by molar-refractivity contribution is -0.136. The fourth-order valence-electron chi connectivity index (χ4n) is 4.81. The molecule has 8 heteroatoms. The molecule has 0 aromatic heterocycles. The number of benzene rings is 2. The van der Waals surface area contributed by atoms with Gasteiger partial charge in [0.05, 0.1) is 6.04 Å². The Labute approximate surface area is 232 Å². The average Bonchev–Trinajstić information content (AvgIpc) is 2.90. The summed E-state index contributed by atoms with van der Waals surface area (Å²) in [6.45, 7) is 7.95. The Morgan fingerprint density at radius 1 is 1.00 bits per heavy atom. The zero-order valence-corrected chi connectivity index (χ0v) is 23.8. The van der Waals surface area contributed by atoms with Crippen molar-refractivity contribution in [3.8, 4) is 5.75 Å². The van der Waals surface area contributed by atoms with Gasteiger partial charge >= 0.3 is 0 Å². The molecule has 0 unspecified atom stereocenters. The fraction of sp³-hybridized carbons (Fsp3) is 0.452. The number of nitrogens with zero attached hydrogens (tertiary/aromatic N) is 1. The molecule has 0 spiro atoms. The monoisotopic (exact) mass is 534 g/mol. The van der Waals surface area contributed by atoms with Crippen molar-refractivity contribution < 1.29 is 19.1 Å². The third-order valence-electron chi connectivity index (χ3n) is 7.14. The van der Waals surface area contributed by atoms with Crippen molar-refractivity contribution in [3.05, 3.63) is 71.9 Å². The van der Waals surface area contributed by atoms with Crippen molar-refractivity contribution in [1.82, 2.24) is 20.9 Å². The molecule has 2 aliphatic rings. The molecule has 5 atom stereocenters. The SMILES string of the molecule is CC[C@H](C)[C@H](C(=O)N[C@H]1C(=O)N[C@H](Cc2ccccc2)C(=O)N/C=C\c2ccc(cc2)O[C@@H]1C(C)C)N(C)C. The highest BCUT2D eigenvalue weighted by Crippen LogP contribution is 2.21. The van der Waals surface area contributed by atoms with Gasteiger partial charge in [-0.1, -0.05) is 76.6 Å². The Bertz CT molecular complexity index is 1130. The van der Waals surface area contributed by atoms with E-state index >= 15 is 0 Å². The van der Waals surface area contributed by atoms with E-state index in [2.05, 4.69) is 16.0 Å². The summed E-state index contributed by atoms with van der Waals surface area (Å²) in [5.74, 6) is -0.558. The zero-order chi connectivity index (χ0) is 28.5. The number of nitrogens with one attached hydrogen (secondary N) is 3. The predicted octanol–water partition coefficient (Wildman–Crippen LogP) is 3.38. The van der Waals surface area contributed by atoms with Crippen LogP contribution in [0.25, 0.3) is 6.08 Å². The first-order valence-electron chi connectivity index (χ1n) is 13.7. The molecule has 0 radical (unpaired) electrons. The van der Waals surface area contributed by atoms with Crippen LogP contribution in [0.2, 0.25) is 0 Å². The van der Waals surface area contributed by atoms with Gasteiger partial charge in [0.25, 0.3) is 0 Å². The van der Waals surface area contributed by atoms with E-state index in [1.807, 2.05) is 101 Å². The lowest BCUT2D eigenvalue weighted by atomic mass is 9.94. The van der Waals surface area contributed by atoms with Crippen LogP contribution in [0.4, 0.5) is 0 Å². The Hall–Kier alpha value is -3.65. The van der Waals surface area contributed by atoms with E-state index in [-0.39, 0.29) is 23.7 Å². The van der Waals surface area contributed by atoms with Crippen molar-refractivity contribution in [2.24, 2.45) is 11.8 Å². The van der Waals surface area contributed by atoms with Crippen molar-refractivity contribution in [3.63, 3.8) is 0 Å². The number of hydrogen-bond acceptors (Lipinski definition) is 5. The van der Waals surface area contributed by atoms with Gasteiger partial charge in [0.15, 0.2) is 0 Å². The van der Waals surface area contributed by atoms with Crippen LogP contribution in [0.5, 0.6) is 5.75 Å². The molecule has 0 fully saturated rings. The Balaban J connectivity index is 2.03. The second-order valence-electron chi connectivity index (χ2n) is 10.8. The van der Waals surface area contributed by atoms with Gasteiger partial charge < -0.3 is 20.7 Å². The van der Waals surface area contributed by atoms with Crippen LogP contribution in [-0.4, -0.2) is 60.9 Å². The standard InChI is InChI=1S/C31H42N4O4/c1-7-21(4)27(35(5)6)31(38)34-26-28(20(2)3)39-24-15-13-22(14-16-24)17-18-32-29(36)25(33-30(26)37)19-23-11-9-8-10-12-23/h8-18,20-21,25-28H,7,19H2,1-6H3,(H,32,36)(H,33,37)(H,34,38)/b18-17-/t21-,25+,26+,27+,28+/m0/s1. The normalized spacial score (nSPS) is 22.3. The highest BCUT2D eigenvalue weighted by molar-refractivity contribution is 5.94. The fourth-order valence-corrected chi connectivity index (χ4v) is 4.81. The lowest BCUT2D eigenvalue weighted by Crippen LogP contribution is -2.62. The number of rotatable bonds is 8. The number of carbonyl (C=O) groups is 3. The van der Waals surface area contributed by atoms with Crippen LogP contribution in [0.15, 0.2) is 60.8 Å². The molecule has 2 aromatic carbocycles. The number of fused-ring (bicyclic) bond motifs is 10. The first kappa shape index (κ1) is 29.9. The summed E-state index contributed by atoms with van der Waals surface area (Å²) in [6, 6.07) is 14.6. The topological polar surface area (TPSA) is 99.8 Å². The summed E-state index contributed by atoms with van der Waals surface area (Å²) >= 11 is 0. The van der Waals surface area contributed by atoms with E-state index in [1.54, 1.807) is 12.3 Å². The van der Waals surface area contributed by atoms with E-state index in [4.69, 9.17) is 4.74 Å². The average molecular weight is 535 g/mol. The summed E-state index contributed by atoms with van der Waals surface area (Å²) in [5, 5.41) is 8.72. The van der Waals surface area contributed by atoms with Gasteiger partial charge in [0.1, 0.15) is 23.9 Å². The zero-order valence-electron chi connectivity index (χ0n) is 23.8. The Kier molecular flexibility index (Phi) is 10.7. The molecule has 3 amide bonds. The molecule has 4 rings (SSSR count). The molecular weight excluding hydrogens is 492 g/mol. The summed E-state index contributed by atoms with van der Waals surface area (Å²) in [5.41, 5.74) is 1.79. The van der Waals surface area contributed by atoms with Gasteiger partial charge in [-0.25, -0.2) is 0 Å². The van der Waals surface area contributed by atoms with E-state index in [0.717, 1.165) is 17.5 Å². The predicted molar refractivity (Wildman–Crippen MR) is 154 cm³/mol. The van der Waals surface area contributed by atoms with Gasteiger partial charge in [-0.3, -0.25) is 19.3 Å². The molecule has 2 heterocycles. The number of hydrogen-bond donors (Lipinski definition) is 3. The van der Waals surface area contributed by atoms with Gasteiger partial charge in [-0.2, -0.15) is 0 Å². The molecule has 8 nitrogen and oxygen atoms in total. The van der Waals surface area contributed by atoms with E-state index in [1.165, 1.54) is 0 Å². The number of ether oxygens (including phenoxy) is 1. The highest BCUT2D eigenvalue weighted by atomic mass is 16.5. The minimum Gasteiger partial charge on any atom is -0.487 e. The second-order valence-corrected chi connectivity index (χ2v) is 10.8. The minimum atomic E-state index is -1.03. The van der Waals surface area contributed by atoms with Crippen LogP contribution in [-0.2, 0) is 20.8 Å². The van der Waals surface area contributed by atoms with E-state index in [9.17, 15) is 14.4 Å². The molecule has 0 saturated carbocycles. The lowest BCUT2D eigenvalue weighted by Gasteiger charge is -2.35. The van der Waals surface area contributed by atoms with E-state index < -0.39 is 30.1 Å². The molecule has 39 heavy (non-hydrogen) atoms. The third kappa shape index (κ3) is 8.17. The molecule has 3 N–H and O–H groups in total. The van der Waals surface area contributed by atoms with Gasteiger partial charge in [0.2, 0.25) is 17.7 Å². The Morgan fingerprint density at radius 2 is 1.67 bits per heavy atom. The van der Waals surface area contributed by atoms with Crippen LogP contribution in [0.1, 0.15) is 45.2 Å². The first-order chi connectivity index (χ1) is 18.6. The van der Waals surface area contributed by atoms with Gasteiger partial charge in [-0.15, -0.1) is 0 Å². The number of likely N-dealkylation sites (N-methyl/N-ethyl adjacent to an activating group) is 1. The van der Waals surface area contributed by atoms with Crippen molar-refractivity contribution in [1.29, 1.82) is 0 Å². The number of amides is 3. The van der Waals surface area contributed by atoms with E-state index in [0.29, 0.717) is 12.2 Å². The summed E-state index contributed by atoms with van der Waals surface area (Å²) in [4.78, 5) is 42.7. The Morgan fingerprint density at radius 3 is 2.26 bits per heavy atom. The smallest absolute Gasteiger partial charge is 0.247 e. The molecule has 210 valence electrons. The highest BCUT2D eigenvalue weighted by Gasteiger charge is 2.38. The molecule has 2 bridgehead atoms. The quantitative estimate of drug-likeness (QED) is 0.482. The summed E-state index contributed by atoms with van der Waals surface area (Å²) in [7, 11) is 3.71. The second kappa shape index (κ2) is 13.9. The van der Waals surface area contributed by atoms with Crippen LogP contribution in [0, 0.1) is 11.8 Å². The molecule has 2 aliphatic heterocycles. The minimum absolute atomic E-state index is 0.0657. The van der Waals surface area contributed by atoms with Gasteiger partial charge in [-0.05, 0) is 55.3 Å². The van der Waals surface area contributed by atoms with Crippen LogP contribution < -0.4 is 20.7 Å². The molecule has 2 aromatic rings. The van der Waals surface area contributed by atoms with Crippen molar-refractivity contribution in [2.75, 3.05) is 14.1 Å². The first-order valence-corrected chi connectivity index (χ1v) is 13.7. The summed E-state index contributed by atoms with van der Waals surface area (Å²) in [6.07, 6.45) is 3.77. The van der Waals surface area contributed by atoms with Crippen LogP contribution in [0.3, 0.4) is 0 Å². The maximum Gasteiger partial charge on any atom is 0.247 e. The summed E-state index contributed by atoms with van der Waals surface area (Å²) < 4.78 is 6.35. The molecule has 0 aliphatic carbocycles. The maximum absolute atomic E-state index is 14.0. The third-order valence-corrected chi connectivity index (χ3v) is 7.14. The largest absolute Gasteiger partial charge is 0.487 e. The van der Waals surface area contributed by atoms with Crippen molar-refractivity contribution >= 4 is 23.8 Å². The van der Waals surface area contributed by atoms with Crippen LogP contribution >= 0.6 is 0 Å². The van der Waals surface area contributed by atoms with Gasteiger partial charge in [0, 0.05) is 12.6 Å². The molecular formula is C31H42N4O4. The van der Waals surface area contributed by atoms with Crippen molar-refractivity contribution in [2.45, 2.75) is 64.8 Å².